The van der Waals surface area contributed by atoms with E-state index in [1.54, 1.807) is 0 Å². The summed E-state index contributed by atoms with van der Waals surface area (Å²) in [5.41, 5.74) is 0.382. The van der Waals surface area contributed by atoms with Crippen molar-refractivity contribution in [1.82, 2.24) is 10.2 Å². The Hall–Kier alpha value is -0.850. The Kier molecular flexibility index (Phi) is 8.87. The molecule has 1 unspecified atom stereocenters. The fraction of sp³-hybridized carbons (Fsp3) is 0.955. The minimum atomic E-state index is 0.316. The third kappa shape index (κ3) is 6.33. The lowest BCUT2D eigenvalue weighted by molar-refractivity contribution is -0.0721. The number of ether oxygens (including phenoxy) is 3. The molecule has 0 aromatic heterocycles. The number of nitrogens with one attached hydrogen (secondary N) is 1. The number of methoxy groups -OCH3 is 1. The molecule has 2 saturated heterocycles. The molecule has 6 nitrogen and oxygen atoms in total. The summed E-state index contributed by atoms with van der Waals surface area (Å²) in [6.45, 7) is 5.56. The van der Waals surface area contributed by atoms with Gasteiger partial charge in [0.25, 0.3) is 0 Å². The molecular weight excluding hydrogens is 354 g/mol. The van der Waals surface area contributed by atoms with Crippen molar-refractivity contribution in [3.63, 3.8) is 0 Å². The molecule has 0 spiro atoms. The van der Waals surface area contributed by atoms with E-state index < -0.39 is 0 Å². The van der Waals surface area contributed by atoms with Crippen molar-refractivity contribution in [3.8, 4) is 0 Å². The number of piperidine rings is 1. The van der Waals surface area contributed by atoms with Gasteiger partial charge >= 0.3 is 0 Å². The fourth-order valence-electron chi connectivity index (χ4n) is 4.97. The number of guanidine groups is 1. The number of hydrogen-bond acceptors (Lipinski definition) is 4. The first kappa shape index (κ1) is 21.8. The molecule has 2 aliphatic heterocycles. The SMILES string of the molecule is CN=C(NCC1(CCOC)CCCC1)N1CCC(OCC2CCCCO2)CC1. The number of aliphatic imine (C=N–C) groups is 1. The fourth-order valence-corrected chi connectivity index (χ4v) is 4.97. The molecule has 1 saturated carbocycles. The minimum Gasteiger partial charge on any atom is -0.385 e. The molecule has 3 fully saturated rings. The zero-order chi connectivity index (χ0) is 19.7. The van der Waals surface area contributed by atoms with Crippen molar-refractivity contribution in [3.05, 3.63) is 0 Å². The van der Waals surface area contributed by atoms with Crippen LogP contribution < -0.4 is 5.32 Å². The second kappa shape index (κ2) is 11.4. The van der Waals surface area contributed by atoms with E-state index in [-0.39, 0.29) is 0 Å². The third-order valence-electron chi connectivity index (χ3n) is 6.87. The van der Waals surface area contributed by atoms with E-state index in [2.05, 4.69) is 15.2 Å². The Bertz CT molecular complexity index is 466. The van der Waals surface area contributed by atoms with E-state index in [0.717, 1.165) is 71.1 Å². The molecule has 0 aromatic carbocycles. The van der Waals surface area contributed by atoms with Crippen molar-refractivity contribution in [1.29, 1.82) is 0 Å². The summed E-state index contributed by atoms with van der Waals surface area (Å²) in [7, 11) is 3.71. The van der Waals surface area contributed by atoms with E-state index in [9.17, 15) is 0 Å². The highest BCUT2D eigenvalue weighted by atomic mass is 16.5. The van der Waals surface area contributed by atoms with Gasteiger partial charge in [-0.3, -0.25) is 4.99 Å². The Morgan fingerprint density at radius 3 is 2.57 bits per heavy atom. The number of nitrogens with zero attached hydrogens (tertiary/aromatic N) is 2. The predicted octanol–water partition coefficient (Wildman–Crippen LogP) is 3.21. The lowest BCUT2D eigenvalue weighted by atomic mass is 9.83. The van der Waals surface area contributed by atoms with Crippen molar-refractivity contribution in [2.45, 2.75) is 76.4 Å². The van der Waals surface area contributed by atoms with Crippen molar-refractivity contribution in [2.24, 2.45) is 10.4 Å². The molecule has 0 radical (unpaired) electrons. The highest BCUT2D eigenvalue weighted by Gasteiger charge is 2.34. The van der Waals surface area contributed by atoms with Gasteiger partial charge in [0.2, 0.25) is 0 Å². The van der Waals surface area contributed by atoms with E-state index in [0.29, 0.717) is 17.6 Å². The van der Waals surface area contributed by atoms with Crippen LogP contribution in [0, 0.1) is 5.41 Å². The number of likely N-dealkylation sites (tertiary alicyclic amines) is 1. The molecule has 1 atom stereocenters. The maximum atomic E-state index is 6.16. The normalized spacial score (nSPS) is 26.6. The summed E-state index contributed by atoms with van der Waals surface area (Å²) in [6.07, 6.45) is 12.9. The summed E-state index contributed by atoms with van der Waals surface area (Å²) in [4.78, 5) is 6.97. The van der Waals surface area contributed by atoms with E-state index in [1.165, 1.54) is 38.5 Å². The standard InChI is InChI=1S/C22H41N3O3/c1-23-21(24-18-22(12-16-26-2)10-4-5-11-22)25-13-8-19(9-14-25)28-17-20-7-3-6-15-27-20/h19-20H,3-18H2,1-2H3,(H,23,24). The third-order valence-corrected chi connectivity index (χ3v) is 6.87. The molecular formula is C22H41N3O3. The smallest absolute Gasteiger partial charge is 0.193 e. The van der Waals surface area contributed by atoms with Gasteiger partial charge in [-0.25, -0.2) is 0 Å². The van der Waals surface area contributed by atoms with Crippen molar-refractivity contribution in [2.75, 3.05) is 53.6 Å². The van der Waals surface area contributed by atoms with Crippen molar-refractivity contribution < 1.29 is 14.2 Å². The van der Waals surface area contributed by atoms with Crippen LogP contribution in [0.1, 0.15) is 64.2 Å². The van der Waals surface area contributed by atoms with Gasteiger partial charge in [0, 0.05) is 47.0 Å². The van der Waals surface area contributed by atoms with Gasteiger partial charge in [-0.15, -0.1) is 0 Å². The Morgan fingerprint density at radius 2 is 1.93 bits per heavy atom. The number of hydrogen-bond donors (Lipinski definition) is 1. The van der Waals surface area contributed by atoms with Crippen LogP contribution in [0.15, 0.2) is 4.99 Å². The van der Waals surface area contributed by atoms with Crippen LogP contribution in [-0.2, 0) is 14.2 Å². The van der Waals surface area contributed by atoms with Crippen LogP contribution in [0.25, 0.3) is 0 Å². The van der Waals surface area contributed by atoms with Gasteiger partial charge in [-0.2, -0.15) is 0 Å². The minimum absolute atomic E-state index is 0.316. The second-order valence-corrected chi connectivity index (χ2v) is 8.86. The summed E-state index contributed by atoms with van der Waals surface area (Å²) in [5.74, 6) is 1.05. The van der Waals surface area contributed by atoms with Crippen LogP contribution in [-0.4, -0.2) is 76.7 Å². The van der Waals surface area contributed by atoms with Crippen molar-refractivity contribution >= 4 is 5.96 Å². The topological polar surface area (TPSA) is 55.3 Å². The van der Waals surface area contributed by atoms with Gasteiger partial charge < -0.3 is 24.4 Å². The van der Waals surface area contributed by atoms with Crippen LogP contribution >= 0.6 is 0 Å². The van der Waals surface area contributed by atoms with Crippen LogP contribution in [0.4, 0.5) is 0 Å². The Balaban J connectivity index is 1.39. The summed E-state index contributed by atoms with van der Waals surface area (Å²) >= 11 is 0. The number of rotatable bonds is 8. The van der Waals surface area contributed by atoms with Crippen LogP contribution in [0.3, 0.4) is 0 Å². The molecule has 0 amide bonds. The molecule has 3 aliphatic rings. The maximum absolute atomic E-state index is 6.16. The molecule has 2 heterocycles. The predicted molar refractivity (Wildman–Crippen MR) is 113 cm³/mol. The zero-order valence-electron chi connectivity index (χ0n) is 18.1. The lowest BCUT2D eigenvalue weighted by Gasteiger charge is -2.37. The molecule has 3 rings (SSSR count). The van der Waals surface area contributed by atoms with E-state index in [1.807, 2.05) is 14.2 Å². The van der Waals surface area contributed by atoms with Gasteiger partial charge in [-0.05, 0) is 56.8 Å². The average Bonchev–Trinajstić information content (AvgIpc) is 3.22. The monoisotopic (exact) mass is 395 g/mol. The molecule has 0 aromatic rings. The van der Waals surface area contributed by atoms with Gasteiger partial charge in [-0.1, -0.05) is 12.8 Å². The van der Waals surface area contributed by atoms with Gasteiger partial charge in [0.15, 0.2) is 5.96 Å². The average molecular weight is 396 g/mol. The lowest BCUT2D eigenvalue weighted by Crippen LogP contribution is -2.49. The van der Waals surface area contributed by atoms with E-state index in [4.69, 9.17) is 14.2 Å². The first-order valence-corrected chi connectivity index (χ1v) is 11.4. The molecule has 0 bridgehead atoms. The zero-order valence-corrected chi connectivity index (χ0v) is 18.1. The Labute approximate surface area is 171 Å². The molecule has 6 heteroatoms. The molecule has 162 valence electrons. The summed E-state index contributed by atoms with van der Waals surface area (Å²) in [6, 6.07) is 0. The van der Waals surface area contributed by atoms with E-state index >= 15 is 0 Å². The second-order valence-electron chi connectivity index (χ2n) is 8.86. The first-order valence-electron chi connectivity index (χ1n) is 11.4. The highest BCUT2D eigenvalue weighted by Crippen LogP contribution is 2.40. The van der Waals surface area contributed by atoms with Gasteiger partial charge in [0.1, 0.15) is 0 Å². The molecule has 28 heavy (non-hydrogen) atoms. The van der Waals surface area contributed by atoms with Crippen LogP contribution in [0.5, 0.6) is 0 Å². The quantitative estimate of drug-likeness (QED) is 0.505. The molecule has 1 aliphatic carbocycles. The first-order chi connectivity index (χ1) is 13.7. The van der Waals surface area contributed by atoms with Gasteiger partial charge in [0.05, 0.1) is 18.8 Å². The molecule has 1 N–H and O–H groups in total. The highest BCUT2D eigenvalue weighted by molar-refractivity contribution is 5.80. The summed E-state index contributed by atoms with van der Waals surface area (Å²) in [5, 5.41) is 3.69. The summed E-state index contributed by atoms with van der Waals surface area (Å²) < 4.78 is 17.3. The Morgan fingerprint density at radius 1 is 1.14 bits per heavy atom. The maximum Gasteiger partial charge on any atom is 0.193 e. The van der Waals surface area contributed by atoms with Crippen LogP contribution in [0.2, 0.25) is 0 Å². The largest absolute Gasteiger partial charge is 0.385 e.